The number of thioether (sulfide) groups is 1. The fourth-order valence-electron chi connectivity index (χ4n) is 0. The van der Waals surface area contributed by atoms with E-state index in [0.29, 0.717) is 0 Å². The zero-order chi connectivity index (χ0) is 3.41. The third-order valence-electron chi connectivity index (χ3n) is 0.0833. The molecule has 0 aromatic rings. The molecule has 3 heteroatoms. The normalized spacial score (nSPS) is 5.00. The summed E-state index contributed by atoms with van der Waals surface area (Å²) in [6.07, 6.45) is 1.88. The van der Waals surface area contributed by atoms with Gasteiger partial charge in [-0.25, -0.2) is 0 Å². The number of hydrogen-bond acceptors (Lipinski definition) is 2. The molecule has 0 fully saturated rings. The minimum atomic E-state index is 0. The van der Waals surface area contributed by atoms with Gasteiger partial charge >= 0.3 is 0 Å². The molecule has 5 heavy (non-hydrogen) atoms. The first-order valence-corrected chi connectivity index (χ1v) is 2.45. The maximum absolute atomic E-state index is 4.27. The van der Waals surface area contributed by atoms with E-state index in [1.54, 1.807) is 0 Å². The summed E-state index contributed by atoms with van der Waals surface area (Å²) in [6.45, 7) is 0. The summed E-state index contributed by atoms with van der Waals surface area (Å²) in [5.74, 6) is 0. The molecule has 0 aliphatic heterocycles. The van der Waals surface area contributed by atoms with Gasteiger partial charge in [-0.1, -0.05) is 0 Å². The average Bonchev–Trinajstić information content (AvgIpc) is 1.37. The Labute approximate surface area is 67.0 Å². The van der Waals surface area contributed by atoms with Gasteiger partial charge in [0.1, 0.15) is 0 Å². The van der Waals surface area contributed by atoms with Gasteiger partial charge in [0.2, 0.25) is 0 Å². The van der Waals surface area contributed by atoms with Crippen LogP contribution in [0.4, 0.5) is 0 Å². The van der Waals surface area contributed by atoms with Crippen LogP contribution >= 0.6 is 24.0 Å². The minimum absolute atomic E-state index is 0. The van der Waals surface area contributed by atoms with Crippen molar-refractivity contribution in [3.8, 4) is 0 Å². The smallest absolute Gasteiger partial charge is 0 e. The van der Waals surface area contributed by atoms with Gasteiger partial charge in [0.15, 0.2) is 0 Å². The Morgan fingerprint density at radius 1 is 1.80 bits per heavy atom. The van der Waals surface area contributed by atoms with E-state index in [2.05, 4.69) is 16.9 Å². The molecule has 0 nitrogen and oxygen atoms in total. The van der Waals surface area contributed by atoms with Crippen LogP contribution in [0.3, 0.4) is 0 Å². The Balaban J connectivity index is 0. The second kappa shape index (κ2) is 9.11. The molecule has 0 aromatic carbocycles. The fourth-order valence-corrected chi connectivity index (χ4v) is 0. The van der Waals surface area contributed by atoms with Gasteiger partial charge in [-0.15, -0.1) is 0 Å². The van der Waals surface area contributed by atoms with Gasteiger partial charge in [-0.2, -0.15) is 0 Å². The Bertz CT molecular complexity index is 21.6. The molecule has 0 atom stereocenters. The summed E-state index contributed by atoms with van der Waals surface area (Å²) in [4.78, 5) is 0. The van der Waals surface area contributed by atoms with Gasteiger partial charge in [0.05, 0.1) is 0 Å². The molecule has 0 amide bonds. The van der Waals surface area contributed by atoms with Crippen molar-refractivity contribution in [3.05, 3.63) is 0 Å². The Morgan fingerprint density at radius 3 is 2.00 bits per heavy atom. The molecule has 0 bridgehead atoms. The van der Waals surface area contributed by atoms with Crippen LogP contribution in [0.25, 0.3) is 0 Å². The topological polar surface area (TPSA) is 0 Å². The van der Waals surface area contributed by atoms with Crippen molar-refractivity contribution in [2.45, 2.75) is 0 Å². The van der Waals surface area contributed by atoms with E-state index in [9.17, 15) is 0 Å². The van der Waals surface area contributed by atoms with Crippen molar-refractivity contribution < 1.29 is 32.7 Å². The van der Waals surface area contributed by atoms with Crippen LogP contribution in [0.1, 0.15) is 0 Å². The molecule has 0 rings (SSSR count). The maximum Gasteiger partial charge on any atom is 0 e. The van der Waals surface area contributed by atoms with Gasteiger partial charge in [0, 0.05) is 32.7 Å². The first-order chi connectivity index (χ1) is 1.91. The quantitative estimate of drug-likeness (QED) is 0.439. The summed E-state index contributed by atoms with van der Waals surface area (Å²) < 4.78 is 2.43. The zero-order valence-electron chi connectivity index (χ0n) is 2.89. The van der Waals surface area contributed by atoms with E-state index in [4.69, 9.17) is 0 Å². The van der Waals surface area contributed by atoms with E-state index in [-0.39, 0.29) is 32.7 Å². The molecule has 0 N–H and O–H groups in total. The molecule has 0 spiro atoms. The summed E-state index contributed by atoms with van der Waals surface area (Å²) in [5, 5.41) is 0. The van der Waals surface area contributed by atoms with E-state index < -0.39 is 0 Å². The monoisotopic (exact) mass is 180 g/mol. The Morgan fingerprint density at radius 2 is 2.00 bits per heavy atom. The SMILES string of the molecule is CS[C-]=S.[Y]. The number of hydrogen-bond donors (Lipinski definition) is 0. The van der Waals surface area contributed by atoms with Gasteiger partial charge < -0.3 is 28.7 Å². The standard InChI is InChI=1S/C2H3S2.Y/c1-4-2-3;/h1H3;/q-1;. The molecule has 0 unspecified atom stereocenters. The van der Waals surface area contributed by atoms with Gasteiger partial charge in [-0.05, 0) is 6.26 Å². The van der Waals surface area contributed by atoms with Gasteiger partial charge in [0.25, 0.3) is 0 Å². The van der Waals surface area contributed by atoms with Crippen LogP contribution in [0.5, 0.6) is 0 Å². The molecule has 0 saturated heterocycles. The van der Waals surface area contributed by atoms with E-state index in [1.165, 1.54) is 11.8 Å². The van der Waals surface area contributed by atoms with E-state index in [0.717, 1.165) is 0 Å². The van der Waals surface area contributed by atoms with Crippen LogP contribution in [0.15, 0.2) is 0 Å². The van der Waals surface area contributed by atoms with Crippen LogP contribution in [-0.2, 0) is 32.7 Å². The molecule has 0 aliphatic carbocycles. The van der Waals surface area contributed by atoms with Crippen molar-refractivity contribution in [1.82, 2.24) is 0 Å². The molecule has 0 aliphatic rings. The van der Waals surface area contributed by atoms with Crippen molar-refractivity contribution >= 4 is 28.7 Å². The van der Waals surface area contributed by atoms with Crippen LogP contribution in [0.2, 0.25) is 0 Å². The average molecular weight is 180 g/mol. The van der Waals surface area contributed by atoms with Crippen molar-refractivity contribution in [2.75, 3.05) is 6.26 Å². The predicted molar refractivity (Wildman–Crippen MR) is 26.1 cm³/mol. The van der Waals surface area contributed by atoms with E-state index >= 15 is 0 Å². The summed E-state index contributed by atoms with van der Waals surface area (Å²) in [7, 11) is 0. The van der Waals surface area contributed by atoms with Crippen LogP contribution < -0.4 is 0 Å². The second-order valence-corrected chi connectivity index (χ2v) is 1.36. The molecule has 27 valence electrons. The molecule has 0 aromatic heterocycles. The molecule has 0 heterocycles. The number of rotatable bonds is 1. The van der Waals surface area contributed by atoms with Crippen LogP contribution in [-0.4, -0.2) is 11.0 Å². The third-order valence-corrected chi connectivity index (χ3v) is 0.750. The molecular weight excluding hydrogens is 177 g/mol. The van der Waals surface area contributed by atoms with Gasteiger partial charge in [-0.3, -0.25) is 0 Å². The molecule has 0 saturated carbocycles. The number of thiocarbonyl (C=S) groups is 1. The molecular formula is C2H3S2Y-. The van der Waals surface area contributed by atoms with Crippen molar-refractivity contribution in [1.29, 1.82) is 0 Å². The summed E-state index contributed by atoms with van der Waals surface area (Å²) >= 11 is 5.69. The zero-order valence-corrected chi connectivity index (χ0v) is 7.37. The van der Waals surface area contributed by atoms with Crippen LogP contribution in [0, 0.1) is 0 Å². The van der Waals surface area contributed by atoms with Crippen molar-refractivity contribution in [3.63, 3.8) is 0 Å². The summed E-state index contributed by atoms with van der Waals surface area (Å²) in [5.41, 5.74) is 0. The minimum Gasteiger partial charge on any atom is -0.361 e. The first kappa shape index (κ1) is 9.74. The maximum atomic E-state index is 4.27. The Hall–Kier alpha value is 1.54. The third kappa shape index (κ3) is 10.8. The Kier molecular flexibility index (Phi) is 17.8. The largest absolute Gasteiger partial charge is 0.361 e. The first-order valence-electron chi connectivity index (χ1n) is 0.816. The van der Waals surface area contributed by atoms with E-state index in [1.807, 2.05) is 6.26 Å². The van der Waals surface area contributed by atoms with Crippen molar-refractivity contribution in [2.24, 2.45) is 0 Å². The fraction of sp³-hybridized carbons (Fsp3) is 0.500. The molecule has 1 radical (unpaired) electrons. The summed E-state index contributed by atoms with van der Waals surface area (Å²) in [6, 6.07) is 0. The predicted octanol–water partition coefficient (Wildman–Crippen LogP) is 1.18. The second-order valence-electron chi connectivity index (χ2n) is 0.287.